The monoisotopic (exact) mass is 302 g/mol. The van der Waals surface area contributed by atoms with Crippen molar-refractivity contribution in [3.63, 3.8) is 0 Å². The number of aromatic nitrogens is 1. The normalized spacial score (nSPS) is 16.6. The first-order valence-corrected chi connectivity index (χ1v) is 7.76. The van der Waals surface area contributed by atoms with Crippen molar-refractivity contribution in [1.82, 2.24) is 10.4 Å². The Morgan fingerprint density at radius 1 is 1.43 bits per heavy atom. The van der Waals surface area contributed by atoms with E-state index in [4.69, 9.17) is 5.73 Å². The standard InChI is InChI=1S/C16H22N4S/c1-12(10-19-20-15-5-3-2-4-6-15)14-9-13(7-8-21)16(17)18-11-14/h7-11,15,20-21H,1-6H2,(H2,17,18)/b8-7-,19-10-. The molecule has 0 amide bonds. The van der Waals surface area contributed by atoms with Crippen LogP contribution < -0.4 is 11.2 Å². The van der Waals surface area contributed by atoms with Gasteiger partial charge in [0, 0.05) is 23.4 Å². The third-order valence-electron chi connectivity index (χ3n) is 3.66. The van der Waals surface area contributed by atoms with Crippen molar-refractivity contribution in [2.24, 2.45) is 5.10 Å². The molecule has 5 heteroatoms. The van der Waals surface area contributed by atoms with Gasteiger partial charge in [-0.15, -0.1) is 0 Å². The van der Waals surface area contributed by atoms with Gasteiger partial charge < -0.3 is 11.2 Å². The topological polar surface area (TPSA) is 63.3 Å². The maximum absolute atomic E-state index is 5.80. The highest BCUT2D eigenvalue weighted by atomic mass is 32.1. The summed E-state index contributed by atoms with van der Waals surface area (Å²) in [5.74, 6) is 0.481. The van der Waals surface area contributed by atoms with E-state index in [1.54, 1.807) is 23.9 Å². The summed E-state index contributed by atoms with van der Waals surface area (Å²) in [6, 6.07) is 2.43. The Bertz CT molecular complexity index is 545. The first-order valence-electron chi connectivity index (χ1n) is 7.25. The molecule has 1 aliphatic rings. The van der Waals surface area contributed by atoms with Gasteiger partial charge in [-0.3, -0.25) is 0 Å². The van der Waals surface area contributed by atoms with Crippen molar-refractivity contribution >= 4 is 36.3 Å². The number of thiol groups is 1. The van der Waals surface area contributed by atoms with E-state index >= 15 is 0 Å². The lowest BCUT2D eigenvalue weighted by Gasteiger charge is -2.20. The van der Waals surface area contributed by atoms with Crippen molar-refractivity contribution in [2.45, 2.75) is 38.1 Å². The van der Waals surface area contributed by atoms with Gasteiger partial charge in [-0.05, 0) is 36.0 Å². The first kappa shape index (κ1) is 15.6. The van der Waals surface area contributed by atoms with Crippen LogP contribution in [-0.4, -0.2) is 17.2 Å². The Morgan fingerprint density at radius 2 is 2.19 bits per heavy atom. The first-order chi connectivity index (χ1) is 10.2. The van der Waals surface area contributed by atoms with Crippen LogP contribution in [0.5, 0.6) is 0 Å². The van der Waals surface area contributed by atoms with Gasteiger partial charge in [0.05, 0.1) is 6.21 Å². The van der Waals surface area contributed by atoms with Crippen LogP contribution >= 0.6 is 12.6 Å². The number of hydrogen-bond donors (Lipinski definition) is 3. The minimum atomic E-state index is 0.481. The predicted molar refractivity (Wildman–Crippen MR) is 94.2 cm³/mol. The average molecular weight is 302 g/mol. The highest BCUT2D eigenvalue weighted by Crippen LogP contribution is 2.19. The highest BCUT2D eigenvalue weighted by molar-refractivity contribution is 7.83. The number of nitrogens with zero attached hydrogens (tertiary/aromatic N) is 2. The zero-order valence-electron chi connectivity index (χ0n) is 12.1. The van der Waals surface area contributed by atoms with E-state index in [0.717, 1.165) is 16.7 Å². The summed E-state index contributed by atoms with van der Waals surface area (Å²) >= 11 is 4.06. The molecule has 4 nitrogen and oxygen atoms in total. The summed E-state index contributed by atoms with van der Waals surface area (Å²) in [6.07, 6.45) is 11.6. The largest absolute Gasteiger partial charge is 0.383 e. The predicted octanol–water partition coefficient (Wildman–Crippen LogP) is 3.49. The quantitative estimate of drug-likeness (QED) is 0.443. The Kier molecular flexibility index (Phi) is 5.87. The number of hydrazone groups is 1. The number of pyridine rings is 1. The minimum Gasteiger partial charge on any atom is -0.383 e. The molecule has 3 N–H and O–H groups in total. The second kappa shape index (κ2) is 7.88. The smallest absolute Gasteiger partial charge is 0.130 e. The molecular formula is C16H22N4S. The van der Waals surface area contributed by atoms with Crippen molar-refractivity contribution in [1.29, 1.82) is 0 Å². The molecule has 0 unspecified atom stereocenters. The third kappa shape index (κ3) is 4.63. The molecular weight excluding hydrogens is 280 g/mol. The van der Waals surface area contributed by atoms with E-state index in [2.05, 4.69) is 34.7 Å². The summed E-state index contributed by atoms with van der Waals surface area (Å²) in [5.41, 5.74) is 11.6. The van der Waals surface area contributed by atoms with Crippen LogP contribution in [0.25, 0.3) is 11.6 Å². The van der Waals surface area contributed by atoms with Crippen LogP contribution in [0, 0.1) is 0 Å². The third-order valence-corrected chi connectivity index (χ3v) is 3.81. The van der Waals surface area contributed by atoms with Crippen molar-refractivity contribution in [2.75, 3.05) is 5.73 Å². The van der Waals surface area contributed by atoms with E-state index in [-0.39, 0.29) is 0 Å². The van der Waals surface area contributed by atoms with Crippen LogP contribution in [0.3, 0.4) is 0 Å². The Labute approximate surface area is 131 Å². The summed E-state index contributed by atoms with van der Waals surface area (Å²) < 4.78 is 0. The summed E-state index contributed by atoms with van der Waals surface area (Å²) in [7, 11) is 0. The molecule has 1 aromatic heterocycles. The summed E-state index contributed by atoms with van der Waals surface area (Å²) in [5, 5.41) is 5.94. The van der Waals surface area contributed by atoms with E-state index < -0.39 is 0 Å². The molecule has 0 aliphatic heterocycles. The lowest BCUT2D eigenvalue weighted by atomic mass is 9.96. The molecule has 0 spiro atoms. The average Bonchev–Trinajstić information content (AvgIpc) is 2.50. The Balaban J connectivity index is 1.97. The molecule has 0 radical (unpaired) electrons. The summed E-state index contributed by atoms with van der Waals surface area (Å²) in [4.78, 5) is 4.17. The molecule has 1 aliphatic carbocycles. The van der Waals surface area contributed by atoms with Gasteiger partial charge in [0.2, 0.25) is 0 Å². The summed E-state index contributed by atoms with van der Waals surface area (Å²) in [6.45, 7) is 4.03. The molecule has 0 atom stereocenters. The highest BCUT2D eigenvalue weighted by Gasteiger charge is 2.11. The van der Waals surface area contributed by atoms with Crippen molar-refractivity contribution < 1.29 is 0 Å². The van der Waals surface area contributed by atoms with Crippen LogP contribution in [-0.2, 0) is 0 Å². The maximum atomic E-state index is 5.80. The van der Waals surface area contributed by atoms with E-state index in [1.165, 1.54) is 32.1 Å². The fourth-order valence-corrected chi connectivity index (χ4v) is 2.57. The van der Waals surface area contributed by atoms with Gasteiger partial charge in [0.1, 0.15) is 5.82 Å². The van der Waals surface area contributed by atoms with E-state index in [1.807, 2.05) is 6.07 Å². The molecule has 112 valence electrons. The van der Waals surface area contributed by atoms with E-state index in [9.17, 15) is 0 Å². The fraction of sp³-hybridized carbons (Fsp3) is 0.375. The van der Waals surface area contributed by atoms with Crippen LogP contribution in [0.4, 0.5) is 5.82 Å². The number of rotatable bonds is 5. The maximum Gasteiger partial charge on any atom is 0.130 e. The van der Waals surface area contributed by atoms with Gasteiger partial charge >= 0.3 is 0 Å². The SMILES string of the molecule is C=C(/C=N\NC1CCCCC1)c1cnc(N)c(/C=C\S)c1. The van der Waals surface area contributed by atoms with Gasteiger partial charge in [-0.25, -0.2) is 4.98 Å². The fourth-order valence-electron chi connectivity index (χ4n) is 2.41. The lowest BCUT2D eigenvalue weighted by molar-refractivity contribution is 0.381. The zero-order valence-corrected chi connectivity index (χ0v) is 13.0. The lowest BCUT2D eigenvalue weighted by Crippen LogP contribution is -2.26. The van der Waals surface area contributed by atoms with E-state index in [0.29, 0.717) is 11.9 Å². The zero-order chi connectivity index (χ0) is 15.1. The number of anilines is 1. The molecule has 1 heterocycles. The van der Waals surface area contributed by atoms with Crippen LogP contribution in [0.2, 0.25) is 0 Å². The van der Waals surface area contributed by atoms with Gasteiger partial charge in [0.15, 0.2) is 0 Å². The molecule has 0 saturated heterocycles. The minimum absolute atomic E-state index is 0.481. The van der Waals surface area contributed by atoms with Gasteiger partial charge in [-0.2, -0.15) is 17.7 Å². The number of nitrogens with one attached hydrogen (secondary N) is 1. The number of nitrogen functional groups attached to an aromatic ring is 1. The second-order valence-electron chi connectivity index (χ2n) is 5.26. The molecule has 1 saturated carbocycles. The molecule has 1 aromatic rings. The van der Waals surface area contributed by atoms with Crippen molar-refractivity contribution in [3.8, 4) is 0 Å². The van der Waals surface area contributed by atoms with Crippen LogP contribution in [0.15, 0.2) is 29.4 Å². The molecule has 21 heavy (non-hydrogen) atoms. The molecule has 2 rings (SSSR count). The number of nitrogens with two attached hydrogens (primary N) is 1. The second-order valence-corrected chi connectivity index (χ2v) is 5.56. The number of allylic oxidation sites excluding steroid dienone is 1. The van der Waals surface area contributed by atoms with Crippen LogP contribution in [0.1, 0.15) is 43.2 Å². The molecule has 0 aromatic carbocycles. The van der Waals surface area contributed by atoms with Gasteiger partial charge in [0.25, 0.3) is 0 Å². The Morgan fingerprint density at radius 3 is 2.90 bits per heavy atom. The molecule has 0 bridgehead atoms. The van der Waals surface area contributed by atoms with Crippen molar-refractivity contribution in [3.05, 3.63) is 35.4 Å². The number of hydrogen-bond acceptors (Lipinski definition) is 5. The van der Waals surface area contributed by atoms with Gasteiger partial charge in [-0.1, -0.05) is 25.8 Å². The Hall–Kier alpha value is -1.75. The molecule has 1 fully saturated rings.